The number of hydrogen-bond acceptors (Lipinski definition) is 3. The molecule has 1 fully saturated rings. The lowest BCUT2D eigenvalue weighted by Gasteiger charge is -2.41. The summed E-state index contributed by atoms with van der Waals surface area (Å²) in [6, 6.07) is 0.787. The molecular weight excluding hydrogens is 264 g/mol. The summed E-state index contributed by atoms with van der Waals surface area (Å²) in [5.41, 5.74) is -0.815. The number of aliphatic carboxylic acids is 1. The van der Waals surface area contributed by atoms with Crippen molar-refractivity contribution in [1.82, 2.24) is 10.2 Å². The lowest BCUT2D eigenvalue weighted by Crippen LogP contribution is -2.53. The van der Waals surface area contributed by atoms with Gasteiger partial charge in [0.2, 0.25) is 0 Å². The van der Waals surface area contributed by atoms with Gasteiger partial charge in [-0.3, -0.25) is 10.1 Å². The Bertz CT molecular complexity index is 346. The molecule has 4 nitrogen and oxygen atoms in total. The van der Waals surface area contributed by atoms with Crippen molar-refractivity contribution < 1.29 is 9.90 Å². The first-order chi connectivity index (χ1) is 9.65. The summed E-state index contributed by atoms with van der Waals surface area (Å²) < 4.78 is 0. The molecule has 0 radical (unpaired) electrons. The second-order valence-corrected chi connectivity index (χ2v) is 7.59. The zero-order valence-corrected chi connectivity index (χ0v) is 14.6. The van der Waals surface area contributed by atoms with Crippen LogP contribution in [0.2, 0.25) is 0 Å². The highest BCUT2D eigenvalue weighted by molar-refractivity contribution is 5.78. The fraction of sp³-hybridized carbons (Fsp3) is 0.941. The van der Waals surface area contributed by atoms with Gasteiger partial charge < -0.3 is 10.0 Å². The Hall–Kier alpha value is -0.610. The van der Waals surface area contributed by atoms with Gasteiger partial charge in [-0.1, -0.05) is 13.8 Å². The lowest BCUT2D eigenvalue weighted by molar-refractivity contribution is -0.144. The molecule has 1 rings (SSSR count). The molecule has 0 aliphatic carbocycles. The zero-order valence-electron chi connectivity index (χ0n) is 14.6. The van der Waals surface area contributed by atoms with E-state index in [1.54, 1.807) is 6.92 Å². The van der Waals surface area contributed by atoms with Gasteiger partial charge in [0.05, 0.1) is 0 Å². The Morgan fingerprint density at radius 1 is 1.38 bits per heavy atom. The molecule has 4 unspecified atom stereocenters. The molecule has 1 saturated heterocycles. The quantitative estimate of drug-likeness (QED) is 0.759. The highest BCUT2D eigenvalue weighted by Crippen LogP contribution is 2.27. The fourth-order valence-corrected chi connectivity index (χ4v) is 3.64. The first-order valence-electron chi connectivity index (χ1n) is 8.41. The average molecular weight is 298 g/mol. The number of piperidine rings is 1. The Labute approximate surface area is 130 Å². The molecule has 0 aromatic carbocycles. The largest absolute Gasteiger partial charge is 0.480 e. The normalized spacial score (nSPS) is 30.3. The maximum absolute atomic E-state index is 11.5. The van der Waals surface area contributed by atoms with Gasteiger partial charge in [0.15, 0.2) is 0 Å². The molecule has 0 amide bonds. The summed E-state index contributed by atoms with van der Waals surface area (Å²) in [5, 5.41) is 12.7. The van der Waals surface area contributed by atoms with Crippen molar-refractivity contribution in [3.63, 3.8) is 0 Å². The van der Waals surface area contributed by atoms with Crippen molar-refractivity contribution in [2.45, 2.75) is 78.4 Å². The summed E-state index contributed by atoms with van der Waals surface area (Å²) in [4.78, 5) is 14.1. The standard InChI is InChI=1S/C17H34N2O2/c1-12(2)18-17(6,16(20)21)8-7-9-19-11-13(3)10-14(4)15(19)5/h12-15,18H,7-11H2,1-6H3,(H,20,21). The van der Waals surface area contributed by atoms with Crippen LogP contribution in [-0.4, -0.2) is 46.7 Å². The number of nitrogens with one attached hydrogen (secondary N) is 1. The van der Waals surface area contributed by atoms with E-state index in [0.717, 1.165) is 31.3 Å². The van der Waals surface area contributed by atoms with Gasteiger partial charge in [0.25, 0.3) is 0 Å². The molecule has 1 aliphatic rings. The number of carboxylic acid groups (broad SMARTS) is 1. The van der Waals surface area contributed by atoms with E-state index in [1.165, 1.54) is 6.42 Å². The molecule has 0 aromatic heterocycles. The van der Waals surface area contributed by atoms with Crippen molar-refractivity contribution in [3.05, 3.63) is 0 Å². The fourth-order valence-electron chi connectivity index (χ4n) is 3.64. The maximum Gasteiger partial charge on any atom is 0.323 e. The Kier molecular flexibility index (Phi) is 6.67. The van der Waals surface area contributed by atoms with Crippen LogP contribution < -0.4 is 5.32 Å². The minimum Gasteiger partial charge on any atom is -0.480 e. The van der Waals surface area contributed by atoms with Crippen LogP contribution in [0.15, 0.2) is 0 Å². The van der Waals surface area contributed by atoms with Crippen LogP contribution >= 0.6 is 0 Å². The summed E-state index contributed by atoms with van der Waals surface area (Å²) in [7, 11) is 0. The number of carbonyl (C=O) groups is 1. The minimum atomic E-state index is -0.815. The van der Waals surface area contributed by atoms with Gasteiger partial charge >= 0.3 is 5.97 Å². The summed E-state index contributed by atoms with van der Waals surface area (Å²) in [6.45, 7) is 14.9. The van der Waals surface area contributed by atoms with Gasteiger partial charge in [0, 0.05) is 18.6 Å². The average Bonchev–Trinajstić information content (AvgIpc) is 2.33. The molecule has 0 aromatic rings. The van der Waals surface area contributed by atoms with Crippen molar-refractivity contribution >= 4 is 5.97 Å². The number of likely N-dealkylation sites (tertiary alicyclic amines) is 1. The van der Waals surface area contributed by atoms with Crippen LogP contribution in [0.3, 0.4) is 0 Å². The van der Waals surface area contributed by atoms with E-state index in [1.807, 2.05) is 13.8 Å². The molecule has 4 atom stereocenters. The van der Waals surface area contributed by atoms with E-state index >= 15 is 0 Å². The van der Waals surface area contributed by atoms with Gasteiger partial charge in [0.1, 0.15) is 5.54 Å². The second-order valence-electron chi connectivity index (χ2n) is 7.59. The van der Waals surface area contributed by atoms with Crippen LogP contribution in [0.25, 0.3) is 0 Å². The molecule has 2 N–H and O–H groups in total. The monoisotopic (exact) mass is 298 g/mol. The van der Waals surface area contributed by atoms with E-state index in [2.05, 4.69) is 31.0 Å². The smallest absolute Gasteiger partial charge is 0.323 e. The third-order valence-electron chi connectivity index (χ3n) is 4.92. The van der Waals surface area contributed by atoms with Gasteiger partial charge in [-0.15, -0.1) is 0 Å². The topological polar surface area (TPSA) is 52.6 Å². The SMILES string of the molecule is CC1CC(C)C(C)N(CCCC(C)(NC(C)C)C(=O)O)C1. The molecule has 21 heavy (non-hydrogen) atoms. The van der Waals surface area contributed by atoms with E-state index in [-0.39, 0.29) is 6.04 Å². The van der Waals surface area contributed by atoms with Crippen LogP contribution in [-0.2, 0) is 4.79 Å². The summed E-state index contributed by atoms with van der Waals surface area (Å²) in [6.07, 6.45) is 2.90. The minimum absolute atomic E-state index is 0.181. The number of hydrogen-bond donors (Lipinski definition) is 2. The highest BCUT2D eigenvalue weighted by atomic mass is 16.4. The van der Waals surface area contributed by atoms with Crippen LogP contribution in [0.1, 0.15) is 60.8 Å². The first-order valence-corrected chi connectivity index (χ1v) is 8.41. The van der Waals surface area contributed by atoms with Gasteiger partial charge in [-0.05, 0) is 65.3 Å². The lowest BCUT2D eigenvalue weighted by atomic mass is 9.85. The molecule has 124 valence electrons. The molecule has 1 heterocycles. The predicted molar refractivity (Wildman–Crippen MR) is 87.5 cm³/mol. The molecule has 1 aliphatic heterocycles. The second kappa shape index (κ2) is 7.59. The number of carboxylic acids is 1. The van der Waals surface area contributed by atoms with Crippen LogP contribution in [0, 0.1) is 11.8 Å². The Balaban J connectivity index is 2.52. The maximum atomic E-state index is 11.5. The molecule has 0 spiro atoms. The Morgan fingerprint density at radius 2 is 2.00 bits per heavy atom. The van der Waals surface area contributed by atoms with E-state index in [4.69, 9.17) is 0 Å². The van der Waals surface area contributed by atoms with Crippen LogP contribution in [0.5, 0.6) is 0 Å². The zero-order chi connectivity index (χ0) is 16.2. The van der Waals surface area contributed by atoms with E-state index < -0.39 is 11.5 Å². The third kappa shape index (κ3) is 5.26. The van der Waals surface area contributed by atoms with Crippen molar-refractivity contribution in [2.75, 3.05) is 13.1 Å². The predicted octanol–water partition coefficient (Wildman–Crippen LogP) is 2.97. The van der Waals surface area contributed by atoms with Gasteiger partial charge in [-0.2, -0.15) is 0 Å². The molecule has 4 heteroatoms. The summed E-state index contributed by atoms with van der Waals surface area (Å²) >= 11 is 0. The van der Waals surface area contributed by atoms with Crippen LogP contribution in [0.4, 0.5) is 0 Å². The summed E-state index contributed by atoms with van der Waals surface area (Å²) in [5.74, 6) is 0.730. The van der Waals surface area contributed by atoms with Gasteiger partial charge in [-0.25, -0.2) is 0 Å². The molecular formula is C17H34N2O2. The first kappa shape index (κ1) is 18.4. The molecule has 0 saturated carbocycles. The van der Waals surface area contributed by atoms with E-state index in [9.17, 15) is 9.90 Å². The highest BCUT2D eigenvalue weighted by Gasteiger charge is 2.34. The van der Waals surface area contributed by atoms with Crippen molar-refractivity contribution in [2.24, 2.45) is 11.8 Å². The number of rotatable bonds is 7. The van der Waals surface area contributed by atoms with Crippen molar-refractivity contribution in [3.8, 4) is 0 Å². The number of nitrogens with zero attached hydrogens (tertiary/aromatic N) is 1. The van der Waals surface area contributed by atoms with Crippen molar-refractivity contribution in [1.29, 1.82) is 0 Å². The third-order valence-corrected chi connectivity index (χ3v) is 4.92. The molecule has 0 bridgehead atoms. The Morgan fingerprint density at radius 3 is 2.52 bits per heavy atom. The van der Waals surface area contributed by atoms with E-state index in [0.29, 0.717) is 12.5 Å².